The molecule has 27 heavy (non-hydrogen) atoms. The molecule has 0 aliphatic carbocycles. The lowest BCUT2D eigenvalue weighted by Crippen LogP contribution is -2.41. The second-order valence-electron chi connectivity index (χ2n) is 7.02. The van der Waals surface area contributed by atoms with Crippen LogP contribution in [-0.4, -0.2) is 57.9 Å². The maximum absolute atomic E-state index is 10.5. The van der Waals surface area contributed by atoms with Crippen molar-refractivity contribution >= 4 is 34.3 Å². The third-order valence-electron chi connectivity index (χ3n) is 5.38. The molecule has 142 valence electrons. The van der Waals surface area contributed by atoms with Crippen molar-refractivity contribution in [1.29, 1.82) is 5.41 Å². The summed E-state index contributed by atoms with van der Waals surface area (Å²) in [5.41, 5.74) is 2.39. The summed E-state index contributed by atoms with van der Waals surface area (Å²) in [6.45, 7) is 5.54. The molecule has 1 aromatic carbocycles. The number of likely N-dealkylation sites (tertiary alicyclic amines) is 1. The minimum atomic E-state index is 0.248. The van der Waals surface area contributed by atoms with Crippen LogP contribution in [0.4, 0.5) is 0 Å². The van der Waals surface area contributed by atoms with E-state index in [0.29, 0.717) is 34.0 Å². The largest absolute Gasteiger partial charge is 0.510 e. The number of nitrogens with zero attached hydrogens (tertiary/aromatic N) is 3. The molecule has 4 rings (SSSR count). The topological polar surface area (TPSA) is 63.5 Å². The van der Waals surface area contributed by atoms with Crippen LogP contribution in [0.2, 0.25) is 5.02 Å². The summed E-state index contributed by atoms with van der Waals surface area (Å²) in [7, 11) is 0. The van der Waals surface area contributed by atoms with Gasteiger partial charge in [-0.3, -0.25) is 10.3 Å². The van der Waals surface area contributed by atoms with Gasteiger partial charge in [-0.1, -0.05) is 30.7 Å². The molecule has 1 fully saturated rings. The Kier molecular flexibility index (Phi) is 5.21. The molecular formula is C20H23ClN4OS. The molecule has 2 aliphatic rings. The zero-order chi connectivity index (χ0) is 19.0. The molecule has 1 atom stereocenters. The first-order valence-electron chi connectivity index (χ1n) is 9.28. The molecule has 3 heterocycles. The average Bonchev–Trinajstić information content (AvgIpc) is 3.36. The number of halogens is 1. The molecule has 7 heteroatoms. The third kappa shape index (κ3) is 3.61. The Bertz CT molecular complexity index is 876. The maximum atomic E-state index is 10.5. The highest BCUT2D eigenvalue weighted by atomic mass is 35.5. The van der Waals surface area contributed by atoms with E-state index in [2.05, 4.69) is 16.8 Å². The Balaban J connectivity index is 1.51. The number of hydrogen-bond acceptors (Lipinski definition) is 5. The smallest absolute Gasteiger partial charge is 0.135 e. The van der Waals surface area contributed by atoms with Crippen molar-refractivity contribution in [3.63, 3.8) is 0 Å². The lowest BCUT2D eigenvalue weighted by Gasteiger charge is -2.28. The van der Waals surface area contributed by atoms with Gasteiger partial charge in [-0.2, -0.15) is 0 Å². The van der Waals surface area contributed by atoms with Gasteiger partial charge >= 0.3 is 0 Å². The molecule has 0 bridgehead atoms. The molecule has 5 nitrogen and oxygen atoms in total. The van der Waals surface area contributed by atoms with Crippen molar-refractivity contribution < 1.29 is 5.11 Å². The van der Waals surface area contributed by atoms with Gasteiger partial charge < -0.3 is 10.0 Å². The average molecular weight is 403 g/mol. The number of thiazole rings is 1. The van der Waals surface area contributed by atoms with Crippen LogP contribution in [0.5, 0.6) is 0 Å². The minimum Gasteiger partial charge on any atom is -0.510 e. The van der Waals surface area contributed by atoms with Gasteiger partial charge in [0.2, 0.25) is 0 Å². The molecular weight excluding hydrogens is 380 g/mol. The molecule has 2 aliphatic heterocycles. The predicted molar refractivity (Wildman–Crippen MR) is 112 cm³/mol. The summed E-state index contributed by atoms with van der Waals surface area (Å²) in [6, 6.07) is 8.01. The van der Waals surface area contributed by atoms with E-state index in [9.17, 15) is 5.11 Å². The van der Waals surface area contributed by atoms with E-state index in [0.717, 1.165) is 37.3 Å². The van der Waals surface area contributed by atoms with E-state index >= 15 is 0 Å². The van der Waals surface area contributed by atoms with Gasteiger partial charge in [0.25, 0.3) is 0 Å². The first-order chi connectivity index (χ1) is 13.1. The molecule has 0 radical (unpaired) electrons. The quantitative estimate of drug-likeness (QED) is 0.772. The van der Waals surface area contributed by atoms with Crippen molar-refractivity contribution in [2.24, 2.45) is 0 Å². The van der Waals surface area contributed by atoms with Gasteiger partial charge in [-0.15, -0.1) is 11.3 Å². The molecule has 0 spiro atoms. The summed E-state index contributed by atoms with van der Waals surface area (Å²) >= 11 is 7.42. The number of benzene rings is 1. The second-order valence-corrected chi connectivity index (χ2v) is 8.31. The highest BCUT2D eigenvalue weighted by molar-refractivity contribution is 7.11. The number of aromatic nitrogens is 1. The summed E-state index contributed by atoms with van der Waals surface area (Å²) in [5, 5.41) is 22.5. The lowest BCUT2D eigenvalue weighted by molar-refractivity contribution is 0.222. The molecule has 1 aromatic heterocycles. The molecule has 2 aromatic rings. The standard InChI is InChI=1S/C20H23ClN4OS/c1-2-24-9-3-4-15(24)10-25-11-17(26)18(19(25)22)20-23-16(12-27-20)13-5-7-14(21)8-6-13/h5-8,12,15,22,26H,2-4,9-11H2,1H3. The Hall–Kier alpha value is -1.89. The van der Waals surface area contributed by atoms with Crippen LogP contribution in [-0.2, 0) is 0 Å². The van der Waals surface area contributed by atoms with Crippen LogP contribution in [0, 0.1) is 5.41 Å². The summed E-state index contributed by atoms with van der Waals surface area (Å²) in [5.74, 6) is 0.630. The van der Waals surface area contributed by atoms with E-state index in [-0.39, 0.29) is 5.76 Å². The van der Waals surface area contributed by atoms with Gasteiger partial charge in [0.15, 0.2) is 0 Å². The zero-order valence-electron chi connectivity index (χ0n) is 15.3. The van der Waals surface area contributed by atoms with Crippen molar-refractivity contribution in [2.75, 3.05) is 26.2 Å². The Morgan fingerprint density at radius 2 is 2.11 bits per heavy atom. The second kappa shape index (κ2) is 7.62. The summed E-state index contributed by atoms with van der Waals surface area (Å²) in [4.78, 5) is 9.11. The molecule has 0 saturated carbocycles. The Morgan fingerprint density at radius 1 is 1.33 bits per heavy atom. The van der Waals surface area contributed by atoms with E-state index in [1.54, 1.807) is 0 Å². The fourth-order valence-electron chi connectivity index (χ4n) is 3.93. The highest BCUT2D eigenvalue weighted by Crippen LogP contribution is 2.33. The number of nitrogens with one attached hydrogen (secondary N) is 1. The van der Waals surface area contributed by atoms with Crippen LogP contribution in [0.1, 0.15) is 24.8 Å². The van der Waals surface area contributed by atoms with Crippen molar-refractivity contribution in [2.45, 2.75) is 25.8 Å². The van der Waals surface area contributed by atoms with Gasteiger partial charge in [0.05, 0.1) is 17.8 Å². The zero-order valence-corrected chi connectivity index (χ0v) is 16.9. The van der Waals surface area contributed by atoms with E-state index in [1.165, 1.54) is 17.8 Å². The maximum Gasteiger partial charge on any atom is 0.135 e. The normalized spacial score (nSPS) is 20.9. The highest BCUT2D eigenvalue weighted by Gasteiger charge is 2.33. The van der Waals surface area contributed by atoms with Crippen LogP contribution in [0.15, 0.2) is 35.4 Å². The van der Waals surface area contributed by atoms with Crippen LogP contribution in [0.3, 0.4) is 0 Å². The number of aliphatic hydroxyl groups excluding tert-OH is 1. The minimum absolute atomic E-state index is 0.248. The fourth-order valence-corrected chi connectivity index (χ4v) is 4.95. The van der Waals surface area contributed by atoms with Crippen LogP contribution >= 0.6 is 22.9 Å². The first kappa shape index (κ1) is 18.5. The van der Waals surface area contributed by atoms with Crippen LogP contribution < -0.4 is 0 Å². The van der Waals surface area contributed by atoms with Gasteiger partial charge in [-0.25, -0.2) is 4.98 Å². The Labute approximate surface area is 168 Å². The van der Waals surface area contributed by atoms with E-state index < -0.39 is 0 Å². The third-order valence-corrected chi connectivity index (χ3v) is 6.49. The molecule has 0 amide bonds. The van der Waals surface area contributed by atoms with Gasteiger partial charge in [0.1, 0.15) is 16.6 Å². The number of likely N-dealkylation sites (N-methyl/N-ethyl adjacent to an activating group) is 1. The lowest BCUT2D eigenvalue weighted by atomic mass is 10.2. The first-order valence-corrected chi connectivity index (χ1v) is 10.5. The van der Waals surface area contributed by atoms with Crippen molar-refractivity contribution in [3.05, 3.63) is 45.4 Å². The molecule has 1 unspecified atom stereocenters. The van der Waals surface area contributed by atoms with Crippen molar-refractivity contribution in [1.82, 2.24) is 14.8 Å². The SMILES string of the molecule is CCN1CCCC1CN1CC(O)=C(c2nc(-c3ccc(Cl)cc3)cs2)C1=N. The number of rotatable bonds is 5. The van der Waals surface area contributed by atoms with E-state index in [4.69, 9.17) is 17.0 Å². The number of amidine groups is 1. The predicted octanol–water partition coefficient (Wildman–Crippen LogP) is 4.51. The molecule has 1 saturated heterocycles. The van der Waals surface area contributed by atoms with Crippen molar-refractivity contribution in [3.8, 4) is 11.3 Å². The molecule has 2 N–H and O–H groups in total. The van der Waals surface area contributed by atoms with Crippen LogP contribution in [0.25, 0.3) is 16.8 Å². The fraction of sp³-hybridized carbons (Fsp3) is 0.400. The van der Waals surface area contributed by atoms with E-state index in [1.807, 2.05) is 34.5 Å². The summed E-state index contributed by atoms with van der Waals surface area (Å²) < 4.78 is 0. The number of hydrogen-bond donors (Lipinski definition) is 2. The van der Waals surface area contributed by atoms with Gasteiger partial charge in [-0.05, 0) is 38.1 Å². The summed E-state index contributed by atoms with van der Waals surface area (Å²) in [6.07, 6.45) is 2.37. The van der Waals surface area contributed by atoms with Gasteiger partial charge in [0, 0.05) is 28.6 Å². The number of aliphatic hydroxyl groups is 1. The Morgan fingerprint density at radius 3 is 2.85 bits per heavy atom. The monoisotopic (exact) mass is 402 g/mol.